The largest absolute Gasteiger partial charge is 0.573 e. The lowest BCUT2D eigenvalue weighted by atomic mass is 10.1. The van der Waals surface area contributed by atoms with Gasteiger partial charge in [-0.2, -0.15) is 5.10 Å². The van der Waals surface area contributed by atoms with Gasteiger partial charge in [0.15, 0.2) is 0 Å². The number of ether oxygens (including phenoxy) is 2. The molecule has 0 atom stereocenters. The normalized spacial score (nSPS) is 14.8. The maximum Gasteiger partial charge on any atom is 0.573 e. The molecule has 0 bridgehead atoms. The third-order valence-corrected chi connectivity index (χ3v) is 4.79. The Kier molecular flexibility index (Phi) is 5.19. The second-order valence-corrected chi connectivity index (χ2v) is 6.76. The summed E-state index contributed by atoms with van der Waals surface area (Å²) in [7, 11) is 0. The molecular weight excluding hydrogens is 383 g/mol. The summed E-state index contributed by atoms with van der Waals surface area (Å²) in [6.07, 6.45) is -2.83. The van der Waals surface area contributed by atoms with E-state index in [-0.39, 0.29) is 5.75 Å². The molecule has 0 spiro atoms. The number of rotatable bonds is 4. The highest BCUT2D eigenvalue weighted by Gasteiger charge is 2.31. The maximum absolute atomic E-state index is 12.3. The van der Waals surface area contributed by atoms with E-state index >= 15 is 0 Å². The quantitative estimate of drug-likeness (QED) is 0.639. The fraction of sp³-hybridized carbons (Fsp3) is 0.286. The maximum atomic E-state index is 12.3. The summed E-state index contributed by atoms with van der Waals surface area (Å²) in [4.78, 5) is 2.29. The number of halogens is 3. The second kappa shape index (κ2) is 7.79. The molecule has 152 valence electrons. The van der Waals surface area contributed by atoms with Gasteiger partial charge in [-0.05, 0) is 48.9 Å². The van der Waals surface area contributed by atoms with Crippen LogP contribution in [0.3, 0.4) is 0 Å². The van der Waals surface area contributed by atoms with Crippen molar-refractivity contribution in [2.75, 3.05) is 31.2 Å². The number of anilines is 1. The Morgan fingerprint density at radius 1 is 0.931 bits per heavy atom. The average molecular weight is 403 g/mol. The first-order valence-electron chi connectivity index (χ1n) is 9.25. The standard InChI is InChI=1S/C21H20F3N3O2/c1-15-20(16-2-4-17(5-3-16)26-10-12-28-13-11-26)14-27(25-15)18-6-8-19(9-7-18)29-21(22,23)24/h2-9,14H,10-13H2,1H3. The van der Waals surface area contributed by atoms with Gasteiger partial charge in [-0.25, -0.2) is 4.68 Å². The highest BCUT2D eigenvalue weighted by Crippen LogP contribution is 2.28. The molecule has 0 aliphatic carbocycles. The number of aromatic nitrogens is 2. The van der Waals surface area contributed by atoms with Crippen LogP contribution in [0.5, 0.6) is 5.75 Å². The van der Waals surface area contributed by atoms with Crippen LogP contribution in [0.1, 0.15) is 5.69 Å². The highest BCUT2D eigenvalue weighted by molar-refractivity contribution is 5.68. The minimum absolute atomic E-state index is 0.260. The topological polar surface area (TPSA) is 39.5 Å². The number of benzene rings is 2. The summed E-state index contributed by atoms with van der Waals surface area (Å²) in [6, 6.07) is 13.9. The van der Waals surface area contributed by atoms with Crippen LogP contribution in [0.4, 0.5) is 18.9 Å². The Bertz CT molecular complexity index is 960. The summed E-state index contributed by atoms with van der Waals surface area (Å²) in [5.41, 5.74) is 4.64. The predicted octanol–water partition coefficient (Wildman–Crippen LogP) is 4.58. The highest BCUT2D eigenvalue weighted by atomic mass is 19.4. The van der Waals surface area contributed by atoms with Gasteiger partial charge in [0.25, 0.3) is 0 Å². The van der Waals surface area contributed by atoms with Gasteiger partial charge in [-0.3, -0.25) is 0 Å². The zero-order chi connectivity index (χ0) is 20.4. The average Bonchev–Trinajstić information content (AvgIpc) is 3.10. The van der Waals surface area contributed by atoms with E-state index in [1.807, 2.05) is 13.1 Å². The molecule has 0 radical (unpaired) electrons. The summed E-state index contributed by atoms with van der Waals surface area (Å²) in [6.45, 7) is 5.14. The third kappa shape index (κ3) is 4.54. The molecule has 1 saturated heterocycles. The number of hydrogen-bond donors (Lipinski definition) is 0. The Morgan fingerprint density at radius 3 is 2.17 bits per heavy atom. The first-order chi connectivity index (χ1) is 13.9. The van der Waals surface area contributed by atoms with Crippen molar-refractivity contribution >= 4 is 5.69 Å². The van der Waals surface area contributed by atoms with E-state index in [0.717, 1.165) is 48.8 Å². The first kappa shape index (κ1) is 19.3. The SMILES string of the molecule is Cc1nn(-c2ccc(OC(F)(F)F)cc2)cc1-c1ccc(N2CCOCC2)cc1. The van der Waals surface area contributed by atoms with Gasteiger partial charge >= 0.3 is 6.36 Å². The minimum Gasteiger partial charge on any atom is -0.406 e. The Hall–Kier alpha value is -3.00. The molecule has 0 amide bonds. The van der Waals surface area contributed by atoms with E-state index in [2.05, 4.69) is 39.0 Å². The lowest BCUT2D eigenvalue weighted by molar-refractivity contribution is -0.274. The molecule has 1 aliphatic rings. The molecule has 0 saturated carbocycles. The van der Waals surface area contributed by atoms with E-state index in [1.54, 1.807) is 16.8 Å². The van der Waals surface area contributed by atoms with E-state index < -0.39 is 6.36 Å². The van der Waals surface area contributed by atoms with E-state index in [4.69, 9.17) is 4.74 Å². The number of aryl methyl sites for hydroxylation is 1. The number of morpholine rings is 1. The van der Waals surface area contributed by atoms with Crippen LogP contribution >= 0.6 is 0 Å². The van der Waals surface area contributed by atoms with Crippen molar-refractivity contribution in [3.8, 4) is 22.6 Å². The summed E-state index contributed by atoms with van der Waals surface area (Å²) >= 11 is 0. The molecule has 1 fully saturated rings. The fourth-order valence-electron chi connectivity index (χ4n) is 3.35. The molecule has 2 heterocycles. The second-order valence-electron chi connectivity index (χ2n) is 6.76. The van der Waals surface area contributed by atoms with Crippen LogP contribution in [-0.4, -0.2) is 42.4 Å². The van der Waals surface area contributed by atoms with Crippen molar-refractivity contribution in [1.29, 1.82) is 0 Å². The molecule has 0 unspecified atom stereocenters. The summed E-state index contributed by atoms with van der Waals surface area (Å²) < 4.78 is 47.9. The molecular formula is C21H20F3N3O2. The summed E-state index contributed by atoms with van der Waals surface area (Å²) in [5.74, 6) is -0.260. The molecule has 1 aromatic heterocycles. The van der Waals surface area contributed by atoms with Crippen molar-refractivity contribution in [3.05, 3.63) is 60.4 Å². The number of nitrogens with zero attached hydrogens (tertiary/aromatic N) is 3. The van der Waals surface area contributed by atoms with Gasteiger partial charge in [0.1, 0.15) is 5.75 Å². The van der Waals surface area contributed by atoms with Crippen LogP contribution < -0.4 is 9.64 Å². The third-order valence-electron chi connectivity index (χ3n) is 4.79. The van der Waals surface area contributed by atoms with Crippen molar-refractivity contribution in [1.82, 2.24) is 9.78 Å². The van der Waals surface area contributed by atoms with Gasteiger partial charge in [-0.1, -0.05) is 12.1 Å². The van der Waals surface area contributed by atoms with E-state index in [9.17, 15) is 13.2 Å². The van der Waals surface area contributed by atoms with Crippen LogP contribution in [-0.2, 0) is 4.74 Å². The Labute approximate surface area is 166 Å². The zero-order valence-corrected chi connectivity index (χ0v) is 15.8. The number of hydrogen-bond acceptors (Lipinski definition) is 4. The molecule has 2 aromatic carbocycles. The number of alkyl halides is 3. The van der Waals surface area contributed by atoms with Crippen molar-refractivity contribution in [3.63, 3.8) is 0 Å². The summed E-state index contributed by atoms with van der Waals surface area (Å²) in [5, 5.41) is 4.50. The molecule has 1 aliphatic heterocycles. The molecule has 3 aromatic rings. The van der Waals surface area contributed by atoms with Crippen molar-refractivity contribution < 1.29 is 22.6 Å². The van der Waals surface area contributed by atoms with Gasteiger partial charge in [0, 0.05) is 30.5 Å². The lowest BCUT2D eigenvalue weighted by Gasteiger charge is -2.28. The van der Waals surface area contributed by atoms with Crippen molar-refractivity contribution in [2.45, 2.75) is 13.3 Å². The van der Waals surface area contributed by atoms with Crippen LogP contribution in [0.15, 0.2) is 54.7 Å². The van der Waals surface area contributed by atoms with Gasteiger partial charge < -0.3 is 14.4 Å². The predicted molar refractivity (Wildman–Crippen MR) is 103 cm³/mol. The fourth-order valence-corrected chi connectivity index (χ4v) is 3.35. The Morgan fingerprint density at radius 2 is 1.55 bits per heavy atom. The zero-order valence-electron chi connectivity index (χ0n) is 15.8. The van der Waals surface area contributed by atoms with Crippen LogP contribution in [0.25, 0.3) is 16.8 Å². The lowest BCUT2D eigenvalue weighted by Crippen LogP contribution is -2.36. The van der Waals surface area contributed by atoms with Gasteiger partial charge in [-0.15, -0.1) is 13.2 Å². The van der Waals surface area contributed by atoms with Crippen LogP contribution in [0.2, 0.25) is 0 Å². The molecule has 8 heteroatoms. The molecule has 5 nitrogen and oxygen atoms in total. The van der Waals surface area contributed by atoms with E-state index in [1.165, 1.54) is 12.1 Å². The molecule has 4 rings (SSSR count). The van der Waals surface area contributed by atoms with Crippen LogP contribution in [0, 0.1) is 6.92 Å². The smallest absolute Gasteiger partial charge is 0.406 e. The minimum atomic E-state index is -4.70. The van der Waals surface area contributed by atoms with Gasteiger partial charge in [0.2, 0.25) is 0 Å². The molecule has 0 N–H and O–H groups in total. The Balaban J connectivity index is 1.53. The van der Waals surface area contributed by atoms with Crippen molar-refractivity contribution in [2.24, 2.45) is 0 Å². The molecule has 29 heavy (non-hydrogen) atoms. The van der Waals surface area contributed by atoms with E-state index in [0.29, 0.717) is 5.69 Å². The van der Waals surface area contributed by atoms with Gasteiger partial charge in [0.05, 0.1) is 24.6 Å². The first-order valence-corrected chi connectivity index (χ1v) is 9.25. The monoisotopic (exact) mass is 403 g/mol.